The van der Waals surface area contributed by atoms with E-state index in [0.717, 1.165) is 30.2 Å². The molecule has 1 N–H and O–H groups in total. The molecule has 0 atom stereocenters. The highest BCUT2D eigenvalue weighted by Crippen LogP contribution is 2.47. The molecule has 66 valence electrons. The zero-order valence-electron chi connectivity index (χ0n) is 7.42. The first kappa shape index (κ1) is 7.80. The SMILES string of the molecule is Cc1nc(C2(CO)CC2)oc1C. The van der Waals surface area contributed by atoms with E-state index in [4.69, 9.17) is 9.52 Å². The number of aromatic nitrogens is 1. The van der Waals surface area contributed by atoms with E-state index < -0.39 is 0 Å². The Labute approximate surface area is 71.4 Å². The summed E-state index contributed by atoms with van der Waals surface area (Å²) < 4.78 is 5.46. The third-order valence-corrected chi connectivity index (χ3v) is 2.64. The molecular formula is C9H13NO2. The minimum atomic E-state index is -0.126. The van der Waals surface area contributed by atoms with Crippen LogP contribution in [0.1, 0.15) is 30.2 Å². The van der Waals surface area contributed by atoms with Gasteiger partial charge in [-0.1, -0.05) is 0 Å². The maximum absolute atomic E-state index is 9.11. The van der Waals surface area contributed by atoms with Gasteiger partial charge in [0.25, 0.3) is 0 Å². The highest BCUT2D eigenvalue weighted by atomic mass is 16.4. The molecule has 1 aromatic heterocycles. The van der Waals surface area contributed by atoms with Crippen LogP contribution in [-0.2, 0) is 5.41 Å². The number of aliphatic hydroxyl groups excluding tert-OH is 1. The van der Waals surface area contributed by atoms with E-state index in [0.29, 0.717) is 0 Å². The average molecular weight is 167 g/mol. The zero-order chi connectivity index (χ0) is 8.77. The number of oxazole rings is 1. The van der Waals surface area contributed by atoms with E-state index in [1.54, 1.807) is 0 Å². The minimum absolute atomic E-state index is 0.126. The molecule has 2 rings (SSSR count). The van der Waals surface area contributed by atoms with Crippen LogP contribution in [-0.4, -0.2) is 16.7 Å². The van der Waals surface area contributed by atoms with E-state index in [9.17, 15) is 0 Å². The summed E-state index contributed by atoms with van der Waals surface area (Å²) in [6.45, 7) is 3.99. The van der Waals surface area contributed by atoms with Gasteiger partial charge in [0.15, 0.2) is 0 Å². The monoisotopic (exact) mass is 167 g/mol. The van der Waals surface area contributed by atoms with E-state index in [2.05, 4.69) is 4.98 Å². The molecule has 1 fully saturated rings. The summed E-state index contributed by atoms with van der Waals surface area (Å²) in [6.07, 6.45) is 2.01. The molecule has 3 heteroatoms. The Morgan fingerprint density at radius 1 is 1.50 bits per heavy atom. The van der Waals surface area contributed by atoms with Crippen LogP contribution >= 0.6 is 0 Å². The standard InChI is InChI=1S/C9H13NO2/c1-6-7(2)12-8(10-6)9(5-11)3-4-9/h11H,3-5H2,1-2H3. The van der Waals surface area contributed by atoms with E-state index in [1.165, 1.54) is 0 Å². The van der Waals surface area contributed by atoms with E-state index in [1.807, 2.05) is 13.8 Å². The molecule has 0 spiro atoms. The third kappa shape index (κ3) is 0.966. The smallest absolute Gasteiger partial charge is 0.203 e. The van der Waals surface area contributed by atoms with Crippen molar-refractivity contribution >= 4 is 0 Å². The van der Waals surface area contributed by atoms with Crippen molar-refractivity contribution in [1.82, 2.24) is 4.98 Å². The summed E-state index contributed by atoms with van der Waals surface area (Å²) in [7, 11) is 0. The van der Waals surface area contributed by atoms with Crippen LogP contribution in [0.4, 0.5) is 0 Å². The molecule has 1 aromatic rings. The molecule has 0 aliphatic heterocycles. The Bertz CT molecular complexity index is 280. The van der Waals surface area contributed by atoms with Gasteiger partial charge in [-0.05, 0) is 26.7 Å². The summed E-state index contributed by atoms with van der Waals surface area (Å²) in [4.78, 5) is 4.29. The molecule has 0 aromatic carbocycles. The molecule has 1 heterocycles. The molecule has 0 bridgehead atoms. The Kier molecular flexibility index (Phi) is 1.51. The van der Waals surface area contributed by atoms with E-state index >= 15 is 0 Å². The van der Waals surface area contributed by atoms with Crippen LogP contribution in [0.25, 0.3) is 0 Å². The Balaban J connectivity index is 2.34. The molecule has 0 saturated heterocycles. The first-order valence-corrected chi connectivity index (χ1v) is 4.23. The Morgan fingerprint density at radius 3 is 2.50 bits per heavy atom. The van der Waals surface area contributed by atoms with Gasteiger partial charge in [0.1, 0.15) is 5.76 Å². The molecule has 1 aliphatic carbocycles. The Hall–Kier alpha value is -0.830. The van der Waals surface area contributed by atoms with Crippen molar-refractivity contribution in [3.05, 3.63) is 17.3 Å². The lowest BCUT2D eigenvalue weighted by molar-refractivity contribution is 0.231. The van der Waals surface area contributed by atoms with Gasteiger partial charge in [0, 0.05) is 0 Å². The van der Waals surface area contributed by atoms with Gasteiger partial charge in [0.2, 0.25) is 5.89 Å². The van der Waals surface area contributed by atoms with Crippen molar-refractivity contribution in [2.75, 3.05) is 6.61 Å². The molecule has 0 radical (unpaired) electrons. The maximum atomic E-state index is 9.11. The number of hydrogen-bond acceptors (Lipinski definition) is 3. The van der Waals surface area contributed by atoms with Crippen LogP contribution in [0, 0.1) is 13.8 Å². The van der Waals surface area contributed by atoms with Crippen molar-refractivity contribution in [1.29, 1.82) is 0 Å². The number of aliphatic hydroxyl groups is 1. The van der Waals surface area contributed by atoms with E-state index in [-0.39, 0.29) is 12.0 Å². The summed E-state index contributed by atoms with van der Waals surface area (Å²) >= 11 is 0. The number of aryl methyl sites for hydroxylation is 2. The minimum Gasteiger partial charge on any atom is -0.445 e. The molecule has 1 aliphatic rings. The van der Waals surface area contributed by atoms with Gasteiger partial charge in [-0.15, -0.1) is 0 Å². The van der Waals surface area contributed by atoms with Crippen molar-refractivity contribution < 1.29 is 9.52 Å². The normalized spacial score (nSPS) is 19.6. The van der Waals surface area contributed by atoms with Crippen molar-refractivity contribution in [2.24, 2.45) is 0 Å². The summed E-state index contributed by atoms with van der Waals surface area (Å²) in [5, 5.41) is 9.11. The zero-order valence-corrected chi connectivity index (χ0v) is 7.42. The lowest BCUT2D eigenvalue weighted by Gasteiger charge is -2.04. The van der Waals surface area contributed by atoms with Crippen LogP contribution in [0.15, 0.2) is 4.42 Å². The first-order valence-electron chi connectivity index (χ1n) is 4.23. The number of hydrogen-bond donors (Lipinski definition) is 1. The quantitative estimate of drug-likeness (QED) is 0.722. The molecule has 0 amide bonds. The summed E-state index contributed by atoms with van der Waals surface area (Å²) in [5.41, 5.74) is 0.809. The van der Waals surface area contributed by atoms with Gasteiger partial charge in [0.05, 0.1) is 17.7 Å². The molecule has 1 saturated carbocycles. The average Bonchev–Trinajstić information content (AvgIpc) is 2.77. The van der Waals surface area contributed by atoms with Crippen molar-refractivity contribution in [3.63, 3.8) is 0 Å². The lowest BCUT2D eigenvalue weighted by atomic mass is 10.1. The second-order valence-corrected chi connectivity index (χ2v) is 3.60. The Morgan fingerprint density at radius 2 is 2.17 bits per heavy atom. The summed E-state index contributed by atoms with van der Waals surface area (Å²) in [6, 6.07) is 0. The van der Waals surface area contributed by atoms with Crippen LogP contribution in [0.3, 0.4) is 0 Å². The fourth-order valence-electron chi connectivity index (χ4n) is 1.29. The van der Waals surface area contributed by atoms with Crippen molar-refractivity contribution in [2.45, 2.75) is 32.1 Å². The second kappa shape index (κ2) is 2.33. The molecule has 0 unspecified atom stereocenters. The molecule has 12 heavy (non-hydrogen) atoms. The largest absolute Gasteiger partial charge is 0.445 e. The first-order chi connectivity index (χ1) is 5.68. The van der Waals surface area contributed by atoms with Crippen LogP contribution < -0.4 is 0 Å². The van der Waals surface area contributed by atoms with Gasteiger partial charge >= 0.3 is 0 Å². The van der Waals surface area contributed by atoms with Gasteiger partial charge in [-0.2, -0.15) is 0 Å². The fourth-order valence-corrected chi connectivity index (χ4v) is 1.29. The van der Waals surface area contributed by atoms with Crippen molar-refractivity contribution in [3.8, 4) is 0 Å². The number of rotatable bonds is 2. The topological polar surface area (TPSA) is 46.3 Å². The third-order valence-electron chi connectivity index (χ3n) is 2.64. The second-order valence-electron chi connectivity index (χ2n) is 3.60. The lowest BCUT2D eigenvalue weighted by Crippen LogP contribution is -2.12. The highest BCUT2D eigenvalue weighted by molar-refractivity contribution is 5.19. The number of nitrogens with zero attached hydrogens (tertiary/aromatic N) is 1. The predicted molar refractivity (Wildman–Crippen MR) is 44.0 cm³/mol. The van der Waals surface area contributed by atoms with Gasteiger partial charge < -0.3 is 9.52 Å². The van der Waals surface area contributed by atoms with Crippen LogP contribution in [0.2, 0.25) is 0 Å². The molecular weight excluding hydrogens is 154 g/mol. The van der Waals surface area contributed by atoms with Gasteiger partial charge in [-0.3, -0.25) is 0 Å². The predicted octanol–water partition coefficient (Wildman–Crippen LogP) is 1.32. The van der Waals surface area contributed by atoms with Crippen LogP contribution in [0.5, 0.6) is 0 Å². The van der Waals surface area contributed by atoms with Gasteiger partial charge in [-0.25, -0.2) is 4.98 Å². The molecule has 3 nitrogen and oxygen atoms in total. The maximum Gasteiger partial charge on any atom is 0.203 e. The summed E-state index contributed by atoms with van der Waals surface area (Å²) in [5.74, 6) is 1.59. The fraction of sp³-hybridized carbons (Fsp3) is 0.667. The highest BCUT2D eigenvalue weighted by Gasteiger charge is 2.48.